The molecule has 7 nitrogen and oxygen atoms in total. The van der Waals surface area contributed by atoms with E-state index in [0.29, 0.717) is 34.6 Å². The lowest BCUT2D eigenvalue weighted by Gasteiger charge is -2.12. The topological polar surface area (TPSA) is 82.0 Å². The summed E-state index contributed by atoms with van der Waals surface area (Å²) >= 11 is 4.90. The zero-order valence-corrected chi connectivity index (χ0v) is 21.4. The fraction of sp³-hybridized carbons (Fsp3) is 0.115. The van der Waals surface area contributed by atoms with E-state index in [2.05, 4.69) is 31.4 Å². The average molecular weight is 552 g/mol. The molecule has 0 atom stereocenters. The molecular weight excluding hydrogens is 530 g/mol. The summed E-state index contributed by atoms with van der Waals surface area (Å²) in [5, 5.41) is 6.92. The third-order valence-electron chi connectivity index (χ3n) is 4.82. The van der Waals surface area contributed by atoms with Crippen LogP contribution in [0.5, 0.6) is 17.2 Å². The molecule has 0 saturated carbocycles. The Morgan fingerprint density at radius 1 is 1.09 bits per heavy atom. The van der Waals surface area contributed by atoms with Crippen LogP contribution in [0.15, 0.2) is 81.7 Å². The van der Waals surface area contributed by atoms with Crippen molar-refractivity contribution in [3.63, 3.8) is 0 Å². The summed E-state index contributed by atoms with van der Waals surface area (Å²) in [6.45, 7) is 2.27. The van der Waals surface area contributed by atoms with E-state index in [1.165, 1.54) is 18.4 Å². The molecule has 9 heteroatoms. The number of anilines is 1. The van der Waals surface area contributed by atoms with Gasteiger partial charge in [-0.25, -0.2) is 9.78 Å². The number of para-hydroxylation sites is 1. The predicted molar refractivity (Wildman–Crippen MR) is 142 cm³/mol. The van der Waals surface area contributed by atoms with Gasteiger partial charge in [0, 0.05) is 15.4 Å². The van der Waals surface area contributed by atoms with Crippen molar-refractivity contribution < 1.29 is 19.0 Å². The van der Waals surface area contributed by atoms with Crippen LogP contribution in [0.3, 0.4) is 0 Å². The van der Waals surface area contributed by atoms with E-state index >= 15 is 0 Å². The van der Waals surface area contributed by atoms with Crippen LogP contribution in [0, 0.1) is 0 Å². The highest BCUT2D eigenvalue weighted by molar-refractivity contribution is 9.10. The highest BCUT2D eigenvalue weighted by Gasteiger charge is 2.17. The number of methoxy groups -OCH3 is 1. The quantitative estimate of drug-likeness (QED) is 0.108. The molecule has 0 spiro atoms. The van der Waals surface area contributed by atoms with E-state index in [1.54, 1.807) is 48.7 Å². The summed E-state index contributed by atoms with van der Waals surface area (Å²) in [6.07, 6.45) is 1.65. The lowest BCUT2D eigenvalue weighted by molar-refractivity contribution is 0.0725. The van der Waals surface area contributed by atoms with Gasteiger partial charge in [0.2, 0.25) is 5.13 Å². The Hall–Kier alpha value is -3.69. The Labute approximate surface area is 215 Å². The summed E-state index contributed by atoms with van der Waals surface area (Å²) in [7, 11) is 1.51. The maximum atomic E-state index is 12.7. The number of hydrogen-bond acceptors (Lipinski definition) is 8. The Kier molecular flexibility index (Phi) is 8.12. The van der Waals surface area contributed by atoms with E-state index in [9.17, 15) is 4.79 Å². The number of hydrogen-bond donors (Lipinski definition) is 1. The Morgan fingerprint density at radius 2 is 1.89 bits per heavy atom. The normalized spacial score (nSPS) is 10.8. The van der Waals surface area contributed by atoms with Crippen molar-refractivity contribution >= 4 is 44.6 Å². The summed E-state index contributed by atoms with van der Waals surface area (Å²) in [5.41, 5.74) is 5.96. The van der Waals surface area contributed by atoms with Crippen LogP contribution in [0.1, 0.15) is 22.8 Å². The van der Waals surface area contributed by atoms with Gasteiger partial charge in [0.15, 0.2) is 11.5 Å². The molecule has 0 fully saturated rings. The molecule has 0 aliphatic carbocycles. The van der Waals surface area contributed by atoms with Gasteiger partial charge in [-0.05, 0) is 55.0 Å². The van der Waals surface area contributed by atoms with E-state index in [1.807, 2.05) is 36.6 Å². The maximum absolute atomic E-state index is 12.7. The van der Waals surface area contributed by atoms with Crippen molar-refractivity contribution in [3.05, 3.63) is 87.7 Å². The Morgan fingerprint density at radius 3 is 2.66 bits per heavy atom. The molecule has 3 aromatic carbocycles. The standard InChI is InChI=1S/C26H22BrN3O4S/c1-3-33-24-14-17(8-13-23(24)34-25(31)20-6-4-5-7-22(20)32-2)15-28-30-26-29-21(16-35-26)18-9-11-19(27)12-10-18/h4-16H,3H2,1-2H3,(H,29,30)/b28-15-. The molecule has 1 aromatic heterocycles. The number of nitrogens with one attached hydrogen (secondary N) is 1. The minimum absolute atomic E-state index is 0.312. The third-order valence-corrected chi connectivity index (χ3v) is 6.09. The summed E-state index contributed by atoms with van der Waals surface area (Å²) in [5.74, 6) is 0.658. The van der Waals surface area contributed by atoms with Gasteiger partial charge in [-0.2, -0.15) is 5.10 Å². The van der Waals surface area contributed by atoms with E-state index in [4.69, 9.17) is 14.2 Å². The first-order valence-electron chi connectivity index (χ1n) is 10.7. The van der Waals surface area contributed by atoms with Crippen molar-refractivity contribution in [1.29, 1.82) is 0 Å². The van der Waals surface area contributed by atoms with Crippen LogP contribution in [0.25, 0.3) is 11.3 Å². The van der Waals surface area contributed by atoms with Crippen molar-refractivity contribution in [2.24, 2.45) is 5.10 Å². The van der Waals surface area contributed by atoms with Gasteiger partial charge < -0.3 is 14.2 Å². The first-order chi connectivity index (χ1) is 17.1. The monoisotopic (exact) mass is 551 g/mol. The van der Waals surface area contributed by atoms with E-state index in [-0.39, 0.29) is 0 Å². The highest BCUT2D eigenvalue weighted by Crippen LogP contribution is 2.30. The number of ether oxygens (including phenoxy) is 3. The SMILES string of the molecule is CCOc1cc(/C=N\Nc2nc(-c3ccc(Br)cc3)cs2)ccc1OC(=O)c1ccccc1OC. The smallest absolute Gasteiger partial charge is 0.347 e. The molecule has 4 rings (SSSR count). The van der Waals surface area contributed by atoms with Crippen molar-refractivity contribution in [2.45, 2.75) is 6.92 Å². The molecule has 0 aliphatic heterocycles. The molecule has 35 heavy (non-hydrogen) atoms. The molecule has 0 unspecified atom stereocenters. The van der Waals surface area contributed by atoms with Crippen LogP contribution in [0.4, 0.5) is 5.13 Å². The summed E-state index contributed by atoms with van der Waals surface area (Å²) in [6, 6.07) is 20.1. The number of carbonyl (C=O) groups is 1. The number of nitrogens with zero attached hydrogens (tertiary/aromatic N) is 2. The zero-order valence-electron chi connectivity index (χ0n) is 19.0. The number of esters is 1. The molecule has 178 valence electrons. The second-order valence-corrected chi connectivity index (χ2v) is 8.92. The molecule has 0 saturated heterocycles. The second kappa shape index (κ2) is 11.6. The van der Waals surface area contributed by atoms with Crippen LogP contribution in [-0.4, -0.2) is 30.9 Å². The number of rotatable bonds is 9. The molecule has 1 N–H and O–H groups in total. The fourth-order valence-electron chi connectivity index (χ4n) is 3.17. The van der Waals surface area contributed by atoms with E-state index in [0.717, 1.165) is 21.3 Å². The second-order valence-electron chi connectivity index (χ2n) is 7.14. The molecule has 0 radical (unpaired) electrons. The first-order valence-corrected chi connectivity index (χ1v) is 12.4. The van der Waals surface area contributed by atoms with Gasteiger partial charge in [-0.15, -0.1) is 11.3 Å². The average Bonchev–Trinajstić information content (AvgIpc) is 3.35. The van der Waals surface area contributed by atoms with Crippen molar-refractivity contribution in [3.8, 4) is 28.5 Å². The lowest BCUT2D eigenvalue weighted by atomic mass is 10.2. The van der Waals surface area contributed by atoms with Gasteiger partial charge in [-0.3, -0.25) is 5.43 Å². The molecule has 4 aromatic rings. The zero-order chi connectivity index (χ0) is 24.6. The van der Waals surface area contributed by atoms with E-state index < -0.39 is 5.97 Å². The maximum Gasteiger partial charge on any atom is 0.347 e. The highest BCUT2D eigenvalue weighted by atomic mass is 79.9. The number of halogens is 1. The first kappa shape index (κ1) is 24.4. The largest absolute Gasteiger partial charge is 0.496 e. The summed E-state index contributed by atoms with van der Waals surface area (Å²) < 4.78 is 17.6. The number of benzene rings is 3. The number of thiazole rings is 1. The van der Waals surface area contributed by atoms with Gasteiger partial charge >= 0.3 is 5.97 Å². The van der Waals surface area contributed by atoms with Crippen molar-refractivity contribution in [1.82, 2.24) is 4.98 Å². The minimum Gasteiger partial charge on any atom is -0.496 e. The molecule has 0 bridgehead atoms. The number of hydrazone groups is 1. The third kappa shape index (κ3) is 6.26. The Balaban J connectivity index is 1.45. The van der Waals surface area contributed by atoms with Crippen LogP contribution >= 0.6 is 27.3 Å². The molecule has 0 amide bonds. The number of carbonyl (C=O) groups excluding carboxylic acids is 1. The Bertz CT molecular complexity index is 1340. The van der Waals surface area contributed by atoms with Gasteiger partial charge in [0.1, 0.15) is 11.3 Å². The fourth-order valence-corrected chi connectivity index (χ4v) is 4.10. The molecular formula is C26H22BrN3O4S. The minimum atomic E-state index is -0.531. The number of aromatic nitrogens is 1. The van der Waals surface area contributed by atoms with Gasteiger partial charge in [0.25, 0.3) is 0 Å². The van der Waals surface area contributed by atoms with Gasteiger partial charge in [-0.1, -0.05) is 40.2 Å². The van der Waals surface area contributed by atoms with Crippen LogP contribution < -0.4 is 19.6 Å². The van der Waals surface area contributed by atoms with Crippen LogP contribution in [-0.2, 0) is 0 Å². The molecule has 1 heterocycles. The lowest BCUT2D eigenvalue weighted by Crippen LogP contribution is -2.11. The van der Waals surface area contributed by atoms with Gasteiger partial charge in [0.05, 0.1) is 25.6 Å². The predicted octanol–water partition coefficient (Wildman–Crippen LogP) is 6.65. The molecule has 0 aliphatic rings. The summed E-state index contributed by atoms with van der Waals surface area (Å²) in [4.78, 5) is 17.2. The van der Waals surface area contributed by atoms with Crippen molar-refractivity contribution in [2.75, 3.05) is 19.1 Å². The van der Waals surface area contributed by atoms with Crippen LogP contribution in [0.2, 0.25) is 0 Å².